The van der Waals surface area contributed by atoms with Crippen molar-refractivity contribution in [1.29, 1.82) is 0 Å². The first-order chi connectivity index (χ1) is 8.68. The third-order valence-electron chi connectivity index (χ3n) is 2.46. The predicted molar refractivity (Wildman–Crippen MR) is 76.3 cm³/mol. The van der Waals surface area contributed by atoms with Gasteiger partial charge in [0.05, 0.1) is 0 Å². The molecule has 90 valence electrons. The number of benzene rings is 2. The molecule has 0 aliphatic rings. The molecule has 18 heavy (non-hydrogen) atoms. The summed E-state index contributed by atoms with van der Waals surface area (Å²) >= 11 is 12.0. The fourth-order valence-corrected chi connectivity index (χ4v) is 2.05. The van der Waals surface area contributed by atoms with Gasteiger partial charge in [-0.1, -0.05) is 59.6 Å². The summed E-state index contributed by atoms with van der Waals surface area (Å²) in [5.74, 6) is -0.0772. The quantitative estimate of drug-likeness (QED) is 0.576. The molecule has 0 aromatic heterocycles. The van der Waals surface area contributed by atoms with Gasteiger partial charge in [-0.25, -0.2) is 0 Å². The maximum atomic E-state index is 11.9. The Hall–Kier alpha value is -1.57. The van der Waals surface area contributed by atoms with E-state index in [-0.39, 0.29) is 5.78 Å². The largest absolute Gasteiger partial charge is 0.289 e. The minimum absolute atomic E-state index is 0.0772. The van der Waals surface area contributed by atoms with Crippen LogP contribution >= 0.6 is 23.2 Å². The molecule has 2 aromatic carbocycles. The average molecular weight is 277 g/mol. The van der Waals surface area contributed by atoms with Gasteiger partial charge in [-0.3, -0.25) is 4.79 Å². The Morgan fingerprint density at radius 3 is 2.11 bits per heavy atom. The first-order valence-corrected chi connectivity index (χ1v) is 6.15. The highest BCUT2D eigenvalue weighted by atomic mass is 35.5. The Bertz CT molecular complexity index is 568. The molecule has 3 heteroatoms. The van der Waals surface area contributed by atoms with Crippen LogP contribution in [0.3, 0.4) is 0 Å². The average Bonchev–Trinajstić information content (AvgIpc) is 2.39. The fourth-order valence-electron chi connectivity index (χ4n) is 1.53. The molecule has 0 fully saturated rings. The Balaban J connectivity index is 2.24. The van der Waals surface area contributed by atoms with Crippen molar-refractivity contribution >= 4 is 35.1 Å². The summed E-state index contributed by atoms with van der Waals surface area (Å²) < 4.78 is 0. The number of carbonyl (C=O) groups is 1. The molecule has 0 amide bonds. The summed E-state index contributed by atoms with van der Waals surface area (Å²) in [6.45, 7) is 0. The van der Waals surface area contributed by atoms with E-state index in [4.69, 9.17) is 23.2 Å². The fraction of sp³-hybridized carbons (Fsp3) is 0. The Kier molecular flexibility index (Phi) is 4.19. The molecule has 0 aliphatic carbocycles. The second-order valence-corrected chi connectivity index (χ2v) is 4.51. The van der Waals surface area contributed by atoms with Gasteiger partial charge in [-0.15, -0.1) is 0 Å². The monoisotopic (exact) mass is 276 g/mol. The van der Waals surface area contributed by atoms with E-state index in [0.717, 1.165) is 0 Å². The predicted octanol–water partition coefficient (Wildman–Crippen LogP) is 4.89. The number of ketones is 1. The molecule has 0 bridgehead atoms. The zero-order valence-corrected chi connectivity index (χ0v) is 10.9. The van der Waals surface area contributed by atoms with E-state index in [1.54, 1.807) is 36.4 Å². The van der Waals surface area contributed by atoms with Crippen LogP contribution in [0.2, 0.25) is 10.0 Å². The van der Waals surface area contributed by atoms with E-state index in [0.29, 0.717) is 21.2 Å². The van der Waals surface area contributed by atoms with E-state index in [1.807, 2.05) is 18.2 Å². The topological polar surface area (TPSA) is 17.1 Å². The molecule has 2 rings (SSSR count). The second kappa shape index (κ2) is 5.85. The van der Waals surface area contributed by atoms with E-state index < -0.39 is 0 Å². The minimum Gasteiger partial charge on any atom is -0.289 e. The number of hydrogen-bond acceptors (Lipinski definition) is 1. The highest BCUT2D eigenvalue weighted by molar-refractivity contribution is 6.37. The lowest BCUT2D eigenvalue weighted by Crippen LogP contribution is -1.92. The lowest BCUT2D eigenvalue weighted by molar-refractivity contribution is 0.104. The highest BCUT2D eigenvalue weighted by Gasteiger charge is 2.03. The number of carbonyl (C=O) groups excluding carboxylic acids is 1. The van der Waals surface area contributed by atoms with Crippen molar-refractivity contribution in [2.75, 3.05) is 0 Å². The summed E-state index contributed by atoms with van der Waals surface area (Å²) in [4.78, 5) is 11.9. The van der Waals surface area contributed by atoms with E-state index >= 15 is 0 Å². The van der Waals surface area contributed by atoms with Crippen LogP contribution in [0.5, 0.6) is 0 Å². The third kappa shape index (κ3) is 3.00. The van der Waals surface area contributed by atoms with Gasteiger partial charge < -0.3 is 0 Å². The molecular formula is C15H10Cl2O. The number of rotatable bonds is 3. The molecule has 0 spiro atoms. The number of hydrogen-bond donors (Lipinski definition) is 0. The van der Waals surface area contributed by atoms with Gasteiger partial charge in [-0.05, 0) is 24.3 Å². The summed E-state index contributed by atoms with van der Waals surface area (Å²) in [7, 11) is 0. The van der Waals surface area contributed by atoms with Gasteiger partial charge >= 0.3 is 0 Å². The third-order valence-corrected chi connectivity index (χ3v) is 3.12. The van der Waals surface area contributed by atoms with Crippen LogP contribution in [0.25, 0.3) is 6.08 Å². The van der Waals surface area contributed by atoms with Crippen molar-refractivity contribution in [2.45, 2.75) is 0 Å². The van der Waals surface area contributed by atoms with E-state index in [2.05, 4.69) is 0 Å². The molecule has 0 aliphatic heterocycles. The lowest BCUT2D eigenvalue weighted by atomic mass is 10.1. The van der Waals surface area contributed by atoms with Crippen molar-refractivity contribution in [3.05, 3.63) is 75.8 Å². The van der Waals surface area contributed by atoms with Crippen LogP contribution in [0, 0.1) is 0 Å². The molecule has 1 nitrogen and oxygen atoms in total. The maximum absolute atomic E-state index is 11.9. The van der Waals surface area contributed by atoms with Gasteiger partial charge in [0.2, 0.25) is 0 Å². The van der Waals surface area contributed by atoms with Gasteiger partial charge in [0.25, 0.3) is 0 Å². The lowest BCUT2D eigenvalue weighted by Gasteiger charge is -2.00. The summed E-state index contributed by atoms with van der Waals surface area (Å²) in [5, 5.41) is 1.05. The number of allylic oxidation sites excluding steroid dienone is 1. The Labute approximate surface area is 116 Å². The summed E-state index contributed by atoms with van der Waals surface area (Å²) in [6, 6.07) is 14.3. The molecule has 0 unspecified atom stereocenters. The van der Waals surface area contributed by atoms with Crippen LogP contribution in [-0.2, 0) is 0 Å². The first kappa shape index (κ1) is 12.9. The van der Waals surface area contributed by atoms with Crippen LogP contribution in [-0.4, -0.2) is 5.78 Å². The van der Waals surface area contributed by atoms with E-state index in [9.17, 15) is 4.79 Å². The van der Waals surface area contributed by atoms with Crippen molar-refractivity contribution in [2.24, 2.45) is 0 Å². The molecule has 0 N–H and O–H groups in total. The summed E-state index contributed by atoms with van der Waals surface area (Å²) in [6.07, 6.45) is 3.11. The smallest absolute Gasteiger partial charge is 0.185 e. The first-order valence-electron chi connectivity index (χ1n) is 5.40. The summed E-state index contributed by atoms with van der Waals surface area (Å²) in [5.41, 5.74) is 1.29. The van der Waals surface area contributed by atoms with Crippen LogP contribution < -0.4 is 0 Å². The van der Waals surface area contributed by atoms with Crippen molar-refractivity contribution in [1.82, 2.24) is 0 Å². The molecule has 0 radical (unpaired) electrons. The molecule has 2 aromatic rings. The van der Waals surface area contributed by atoms with Crippen LogP contribution in [0.4, 0.5) is 0 Å². The highest BCUT2D eigenvalue weighted by Crippen LogP contribution is 2.25. The van der Waals surface area contributed by atoms with Crippen LogP contribution in [0.15, 0.2) is 54.6 Å². The Morgan fingerprint density at radius 2 is 1.50 bits per heavy atom. The zero-order chi connectivity index (χ0) is 13.0. The molecule has 0 atom stereocenters. The Morgan fingerprint density at radius 1 is 0.889 bits per heavy atom. The zero-order valence-electron chi connectivity index (χ0n) is 9.44. The van der Waals surface area contributed by atoms with Gasteiger partial charge in [0.15, 0.2) is 5.78 Å². The van der Waals surface area contributed by atoms with Crippen LogP contribution in [0.1, 0.15) is 15.9 Å². The standard InChI is InChI=1S/C15H10Cl2O/c16-13-7-4-8-14(17)12(13)9-10-15(18)11-5-2-1-3-6-11/h1-10H/b10-9+. The SMILES string of the molecule is O=C(/C=C/c1c(Cl)cccc1Cl)c1ccccc1. The second-order valence-electron chi connectivity index (χ2n) is 3.70. The molecule has 0 heterocycles. The molecular weight excluding hydrogens is 267 g/mol. The van der Waals surface area contributed by atoms with Crippen molar-refractivity contribution in [3.63, 3.8) is 0 Å². The number of halogens is 2. The van der Waals surface area contributed by atoms with Crippen molar-refractivity contribution < 1.29 is 4.79 Å². The van der Waals surface area contributed by atoms with Crippen molar-refractivity contribution in [3.8, 4) is 0 Å². The minimum atomic E-state index is -0.0772. The van der Waals surface area contributed by atoms with Gasteiger partial charge in [0.1, 0.15) is 0 Å². The normalized spacial score (nSPS) is 10.8. The molecule has 0 saturated carbocycles. The van der Waals surface area contributed by atoms with E-state index in [1.165, 1.54) is 6.08 Å². The van der Waals surface area contributed by atoms with Gasteiger partial charge in [0, 0.05) is 21.2 Å². The maximum Gasteiger partial charge on any atom is 0.185 e. The van der Waals surface area contributed by atoms with Gasteiger partial charge in [-0.2, -0.15) is 0 Å². The molecule has 0 saturated heterocycles.